The molecule has 0 fully saturated rings. The number of rotatable bonds is 1. The molecule has 1 heterocycles. The van der Waals surface area contributed by atoms with Gasteiger partial charge in [-0.2, -0.15) is 0 Å². The third kappa shape index (κ3) is 0.803. The van der Waals surface area contributed by atoms with Crippen LogP contribution < -0.4 is 0 Å². The van der Waals surface area contributed by atoms with Crippen LogP contribution in [0.3, 0.4) is 0 Å². The van der Waals surface area contributed by atoms with Gasteiger partial charge in [0.15, 0.2) is 6.29 Å². The smallest absolute Gasteiger partial charge is 0.151 e. The molecule has 0 aromatic heterocycles. The van der Waals surface area contributed by atoms with Gasteiger partial charge in [0.2, 0.25) is 0 Å². The monoisotopic (exact) mass is 123 g/mol. The lowest BCUT2D eigenvalue weighted by atomic mass is 9.98. The van der Waals surface area contributed by atoms with E-state index in [1.165, 1.54) is 0 Å². The minimum atomic E-state index is -0.556. The third-order valence-corrected chi connectivity index (χ3v) is 1.70. The van der Waals surface area contributed by atoms with Gasteiger partial charge in [0.25, 0.3) is 0 Å². The maximum absolute atomic E-state index is 10.4. The van der Waals surface area contributed by atoms with E-state index in [1.54, 1.807) is 13.1 Å². The molecule has 0 saturated heterocycles. The first-order valence-corrected chi connectivity index (χ1v) is 2.88. The quantitative estimate of drug-likeness (QED) is 0.478. The molecule has 9 heavy (non-hydrogen) atoms. The second kappa shape index (κ2) is 1.79. The first-order chi connectivity index (χ1) is 4.19. The summed E-state index contributed by atoms with van der Waals surface area (Å²) < 4.78 is 0. The fourth-order valence-electron chi connectivity index (χ4n) is 0.698. The third-order valence-electron chi connectivity index (χ3n) is 1.70. The highest BCUT2D eigenvalue weighted by Gasteiger charge is 2.25. The molecule has 1 rings (SSSR count). The molecule has 1 unspecified atom stereocenters. The molecule has 1 aliphatic heterocycles. The minimum absolute atomic E-state index is 0.556. The van der Waals surface area contributed by atoms with Gasteiger partial charge in [-0.25, -0.2) is 0 Å². The zero-order chi connectivity index (χ0) is 6.91. The number of nitrogens with zero attached hydrogens (tertiary/aromatic N) is 1. The SMILES string of the molecule is CC1=CC=NC1(C)C=O. The predicted molar refractivity (Wildman–Crippen MR) is 36.7 cm³/mol. The number of aliphatic imine (C=N–C) groups is 1. The Kier molecular flexibility index (Phi) is 1.24. The van der Waals surface area contributed by atoms with Crippen molar-refractivity contribution in [2.45, 2.75) is 19.4 Å². The van der Waals surface area contributed by atoms with Gasteiger partial charge in [0.05, 0.1) is 0 Å². The Morgan fingerprint density at radius 3 is 2.67 bits per heavy atom. The van der Waals surface area contributed by atoms with Crippen molar-refractivity contribution in [3.8, 4) is 0 Å². The van der Waals surface area contributed by atoms with Crippen LogP contribution in [0.1, 0.15) is 13.8 Å². The highest BCUT2D eigenvalue weighted by Crippen LogP contribution is 2.21. The van der Waals surface area contributed by atoms with E-state index in [9.17, 15) is 4.79 Å². The summed E-state index contributed by atoms with van der Waals surface area (Å²) in [6, 6.07) is 0. The average molecular weight is 123 g/mol. The van der Waals surface area contributed by atoms with Crippen molar-refractivity contribution < 1.29 is 4.79 Å². The molecular weight excluding hydrogens is 114 g/mol. The van der Waals surface area contributed by atoms with E-state index in [-0.39, 0.29) is 0 Å². The number of hydrogen-bond acceptors (Lipinski definition) is 2. The van der Waals surface area contributed by atoms with E-state index >= 15 is 0 Å². The first-order valence-electron chi connectivity index (χ1n) is 2.88. The van der Waals surface area contributed by atoms with Gasteiger partial charge in [0.1, 0.15) is 5.54 Å². The Morgan fingerprint density at radius 2 is 2.44 bits per heavy atom. The van der Waals surface area contributed by atoms with Crippen LogP contribution in [0, 0.1) is 0 Å². The molecule has 0 aliphatic carbocycles. The Bertz CT molecular complexity index is 193. The van der Waals surface area contributed by atoms with Gasteiger partial charge >= 0.3 is 0 Å². The van der Waals surface area contributed by atoms with Crippen LogP contribution in [0.4, 0.5) is 0 Å². The minimum Gasteiger partial charge on any atom is -0.300 e. The van der Waals surface area contributed by atoms with Gasteiger partial charge in [-0.1, -0.05) is 0 Å². The largest absolute Gasteiger partial charge is 0.300 e. The molecule has 0 bridgehead atoms. The highest BCUT2D eigenvalue weighted by molar-refractivity contribution is 5.85. The highest BCUT2D eigenvalue weighted by atomic mass is 16.1. The Labute approximate surface area is 54.3 Å². The zero-order valence-corrected chi connectivity index (χ0v) is 5.59. The molecule has 0 radical (unpaired) electrons. The second-order valence-electron chi connectivity index (χ2n) is 2.39. The summed E-state index contributed by atoms with van der Waals surface area (Å²) in [6.07, 6.45) is 4.39. The normalized spacial score (nSPS) is 32.4. The summed E-state index contributed by atoms with van der Waals surface area (Å²) >= 11 is 0. The summed E-state index contributed by atoms with van der Waals surface area (Å²) in [4.78, 5) is 14.4. The molecule has 2 nitrogen and oxygen atoms in total. The molecule has 0 aromatic carbocycles. The van der Waals surface area contributed by atoms with E-state index in [2.05, 4.69) is 4.99 Å². The standard InChI is InChI=1S/C7H9NO/c1-6-3-4-8-7(6,2)5-9/h3-5H,1-2H3. The Hall–Kier alpha value is -0.920. The summed E-state index contributed by atoms with van der Waals surface area (Å²) in [6.45, 7) is 3.71. The average Bonchev–Trinajstić information content (AvgIpc) is 2.15. The summed E-state index contributed by atoms with van der Waals surface area (Å²) in [5, 5.41) is 0. The molecule has 0 aromatic rings. The van der Waals surface area contributed by atoms with E-state index in [4.69, 9.17) is 0 Å². The van der Waals surface area contributed by atoms with Gasteiger partial charge in [-0.3, -0.25) is 4.99 Å². The number of carbonyl (C=O) groups excluding carboxylic acids is 1. The van der Waals surface area contributed by atoms with E-state index in [1.807, 2.05) is 13.0 Å². The lowest BCUT2D eigenvalue weighted by Gasteiger charge is -2.12. The van der Waals surface area contributed by atoms with Gasteiger partial charge < -0.3 is 4.79 Å². The van der Waals surface area contributed by atoms with Crippen LogP contribution in [-0.4, -0.2) is 18.0 Å². The number of carbonyl (C=O) groups is 1. The van der Waals surface area contributed by atoms with Gasteiger partial charge in [-0.15, -0.1) is 0 Å². The maximum atomic E-state index is 10.4. The van der Waals surface area contributed by atoms with E-state index < -0.39 is 5.54 Å². The van der Waals surface area contributed by atoms with Crippen LogP contribution in [0.5, 0.6) is 0 Å². The molecule has 1 atom stereocenters. The van der Waals surface area contributed by atoms with Crippen molar-refractivity contribution in [2.75, 3.05) is 0 Å². The van der Waals surface area contributed by atoms with Gasteiger partial charge in [-0.05, 0) is 25.5 Å². The second-order valence-corrected chi connectivity index (χ2v) is 2.39. The summed E-state index contributed by atoms with van der Waals surface area (Å²) in [7, 11) is 0. The van der Waals surface area contributed by atoms with E-state index in [0.29, 0.717) is 0 Å². The lowest BCUT2D eigenvalue weighted by molar-refractivity contribution is -0.110. The van der Waals surface area contributed by atoms with Crippen molar-refractivity contribution in [1.29, 1.82) is 0 Å². The van der Waals surface area contributed by atoms with Gasteiger partial charge in [0, 0.05) is 6.21 Å². The molecule has 0 spiro atoms. The summed E-state index contributed by atoms with van der Waals surface area (Å²) in [5.41, 5.74) is 0.456. The number of aldehydes is 1. The van der Waals surface area contributed by atoms with Crippen molar-refractivity contribution in [3.63, 3.8) is 0 Å². The van der Waals surface area contributed by atoms with Crippen LogP contribution >= 0.6 is 0 Å². The first kappa shape index (κ1) is 6.20. The maximum Gasteiger partial charge on any atom is 0.151 e. The molecule has 0 saturated carbocycles. The molecule has 0 amide bonds. The van der Waals surface area contributed by atoms with Crippen LogP contribution in [0.15, 0.2) is 16.6 Å². The van der Waals surface area contributed by atoms with Crippen molar-refractivity contribution >= 4 is 12.5 Å². The summed E-state index contributed by atoms with van der Waals surface area (Å²) in [5.74, 6) is 0. The number of allylic oxidation sites excluding steroid dienone is 1. The fraction of sp³-hybridized carbons (Fsp3) is 0.429. The van der Waals surface area contributed by atoms with Crippen LogP contribution in [-0.2, 0) is 4.79 Å². The zero-order valence-electron chi connectivity index (χ0n) is 5.59. The Morgan fingerprint density at radius 1 is 1.78 bits per heavy atom. The molecular formula is C7H9NO. The molecule has 0 N–H and O–H groups in total. The van der Waals surface area contributed by atoms with Crippen LogP contribution in [0.2, 0.25) is 0 Å². The molecule has 1 aliphatic rings. The fourth-order valence-corrected chi connectivity index (χ4v) is 0.698. The van der Waals surface area contributed by atoms with Crippen molar-refractivity contribution in [1.82, 2.24) is 0 Å². The van der Waals surface area contributed by atoms with Crippen molar-refractivity contribution in [2.24, 2.45) is 4.99 Å². The Balaban J connectivity index is 2.95. The van der Waals surface area contributed by atoms with Crippen LogP contribution in [0.25, 0.3) is 0 Å². The lowest BCUT2D eigenvalue weighted by Crippen LogP contribution is -2.22. The van der Waals surface area contributed by atoms with E-state index in [0.717, 1.165) is 11.9 Å². The molecule has 2 heteroatoms. The van der Waals surface area contributed by atoms with Crippen molar-refractivity contribution in [3.05, 3.63) is 11.6 Å². The molecule has 48 valence electrons. The predicted octanol–water partition coefficient (Wildman–Crippen LogP) is 0.975. The number of hydrogen-bond donors (Lipinski definition) is 0. The topological polar surface area (TPSA) is 29.4 Å².